The summed E-state index contributed by atoms with van der Waals surface area (Å²) in [6, 6.07) is 12.6. The molecule has 31 heavy (non-hydrogen) atoms. The van der Waals surface area contributed by atoms with Gasteiger partial charge in [0, 0.05) is 55.0 Å². The maximum Gasteiger partial charge on any atom is 0.270 e. The quantitative estimate of drug-likeness (QED) is 0.513. The zero-order valence-electron chi connectivity index (χ0n) is 17.4. The van der Waals surface area contributed by atoms with Gasteiger partial charge in [0.1, 0.15) is 16.3 Å². The first-order valence-corrected chi connectivity index (χ1v) is 11.4. The summed E-state index contributed by atoms with van der Waals surface area (Å²) < 4.78 is 7.36. The lowest BCUT2D eigenvalue weighted by Gasteiger charge is -2.23. The van der Waals surface area contributed by atoms with Gasteiger partial charge >= 0.3 is 0 Å². The third-order valence-corrected chi connectivity index (χ3v) is 6.56. The topological polar surface area (TPSA) is 69.0 Å². The van der Waals surface area contributed by atoms with Crippen molar-refractivity contribution in [3.8, 4) is 10.6 Å². The molecule has 0 bridgehead atoms. The largest absolute Gasteiger partial charge is 0.381 e. The minimum Gasteiger partial charge on any atom is -0.381 e. The SMILES string of the molecule is Cn1ccc2c(Cc3ccc(-c4nccs4)cc3)cc(C(=O)NC3CCOCC3)nc21. The number of carbonyl (C=O) groups excluding carboxylic acids is 1. The van der Waals surface area contributed by atoms with Crippen LogP contribution in [0.5, 0.6) is 0 Å². The molecule has 6 nitrogen and oxygen atoms in total. The number of carbonyl (C=O) groups is 1. The number of benzene rings is 1. The van der Waals surface area contributed by atoms with Crippen LogP contribution in [-0.4, -0.2) is 39.7 Å². The van der Waals surface area contributed by atoms with Crippen LogP contribution in [0.2, 0.25) is 0 Å². The molecule has 0 atom stereocenters. The molecule has 0 saturated carbocycles. The standard InChI is InChI=1S/C24H24N4O2S/c1-28-10-6-20-18(14-16-2-4-17(5-3-16)24-25-9-13-31-24)15-21(27-22(20)28)23(29)26-19-7-11-30-12-8-19/h2-6,9-10,13,15,19H,7-8,11-12,14H2,1H3,(H,26,29). The number of nitrogens with one attached hydrogen (secondary N) is 1. The van der Waals surface area contributed by atoms with Crippen molar-refractivity contribution in [2.24, 2.45) is 7.05 Å². The fraction of sp³-hybridized carbons (Fsp3) is 0.292. The summed E-state index contributed by atoms with van der Waals surface area (Å²) in [6.45, 7) is 1.38. The maximum absolute atomic E-state index is 12.9. The van der Waals surface area contributed by atoms with Crippen LogP contribution in [0.1, 0.15) is 34.5 Å². The fourth-order valence-corrected chi connectivity index (χ4v) is 4.66. The summed E-state index contributed by atoms with van der Waals surface area (Å²) >= 11 is 1.64. The van der Waals surface area contributed by atoms with Crippen LogP contribution < -0.4 is 5.32 Å². The number of rotatable bonds is 5. The van der Waals surface area contributed by atoms with Gasteiger partial charge in [0.05, 0.1) is 0 Å². The lowest BCUT2D eigenvalue weighted by Crippen LogP contribution is -2.39. The van der Waals surface area contributed by atoms with Crippen molar-refractivity contribution in [3.63, 3.8) is 0 Å². The average molecular weight is 433 g/mol. The summed E-state index contributed by atoms with van der Waals surface area (Å²) in [7, 11) is 1.96. The molecule has 158 valence electrons. The number of aryl methyl sites for hydroxylation is 1. The second-order valence-corrected chi connectivity index (χ2v) is 8.80. The van der Waals surface area contributed by atoms with Gasteiger partial charge in [-0.15, -0.1) is 11.3 Å². The number of thiazole rings is 1. The molecule has 0 spiro atoms. The van der Waals surface area contributed by atoms with E-state index in [1.54, 1.807) is 11.3 Å². The summed E-state index contributed by atoms with van der Waals surface area (Å²) in [6.07, 6.45) is 6.24. The van der Waals surface area contributed by atoms with Crippen molar-refractivity contribution in [2.75, 3.05) is 13.2 Å². The molecule has 4 heterocycles. The predicted molar refractivity (Wildman–Crippen MR) is 122 cm³/mol. The Morgan fingerprint density at radius 1 is 1.23 bits per heavy atom. The first-order chi connectivity index (χ1) is 15.2. The number of pyridine rings is 1. The van der Waals surface area contributed by atoms with E-state index in [0.29, 0.717) is 18.9 Å². The monoisotopic (exact) mass is 432 g/mol. The summed E-state index contributed by atoms with van der Waals surface area (Å²) in [4.78, 5) is 22.0. The minimum absolute atomic E-state index is 0.115. The summed E-state index contributed by atoms with van der Waals surface area (Å²) in [5.74, 6) is -0.115. The molecule has 1 N–H and O–H groups in total. The van der Waals surface area contributed by atoms with Gasteiger partial charge < -0.3 is 14.6 Å². The number of hydrogen-bond acceptors (Lipinski definition) is 5. The van der Waals surface area contributed by atoms with Crippen LogP contribution in [0.4, 0.5) is 0 Å². The molecule has 7 heteroatoms. The minimum atomic E-state index is -0.115. The average Bonchev–Trinajstić information content (AvgIpc) is 3.46. The van der Waals surface area contributed by atoms with E-state index in [2.05, 4.69) is 45.6 Å². The van der Waals surface area contributed by atoms with E-state index in [-0.39, 0.29) is 11.9 Å². The normalized spacial score (nSPS) is 14.7. The highest BCUT2D eigenvalue weighted by Gasteiger charge is 2.20. The molecule has 1 aliphatic heterocycles. The zero-order valence-corrected chi connectivity index (χ0v) is 18.2. The Hall–Kier alpha value is -3.03. The lowest BCUT2D eigenvalue weighted by atomic mass is 10.0. The van der Waals surface area contributed by atoms with Crippen molar-refractivity contribution < 1.29 is 9.53 Å². The zero-order chi connectivity index (χ0) is 21.2. The van der Waals surface area contributed by atoms with E-state index in [4.69, 9.17) is 4.74 Å². The Labute approximate surface area is 184 Å². The molecule has 3 aromatic heterocycles. The van der Waals surface area contributed by atoms with Crippen molar-refractivity contribution in [3.05, 3.63) is 71.0 Å². The van der Waals surface area contributed by atoms with Gasteiger partial charge in [-0.1, -0.05) is 24.3 Å². The van der Waals surface area contributed by atoms with E-state index in [0.717, 1.165) is 46.4 Å². The second kappa shape index (κ2) is 8.61. The molecule has 1 fully saturated rings. The van der Waals surface area contributed by atoms with Gasteiger partial charge in [0.2, 0.25) is 0 Å². The highest BCUT2D eigenvalue weighted by atomic mass is 32.1. The van der Waals surface area contributed by atoms with Crippen LogP contribution in [0, 0.1) is 0 Å². The molecular formula is C24H24N4O2S. The van der Waals surface area contributed by atoms with Crippen LogP contribution >= 0.6 is 11.3 Å². The molecule has 1 aliphatic rings. The molecule has 0 radical (unpaired) electrons. The number of nitrogens with zero attached hydrogens (tertiary/aromatic N) is 3. The first-order valence-electron chi connectivity index (χ1n) is 10.5. The Bertz CT molecular complexity index is 1190. The molecule has 1 saturated heterocycles. The van der Waals surface area contributed by atoms with Gasteiger partial charge in [-0.3, -0.25) is 4.79 Å². The lowest BCUT2D eigenvalue weighted by molar-refractivity contribution is 0.0694. The highest BCUT2D eigenvalue weighted by Crippen LogP contribution is 2.25. The Kier molecular flexibility index (Phi) is 5.53. The van der Waals surface area contributed by atoms with Crippen molar-refractivity contribution >= 4 is 28.3 Å². The Morgan fingerprint density at radius 2 is 2.03 bits per heavy atom. The van der Waals surface area contributed by atoms with Crippen LogP contribution in [-0.2, 0) is 18.2 Å². The molecule has 1 amide bonds. The predicted octanol–water partition coefficient (Wildman–Crippen LogP) is 4.20. The number of aromatic nitrogens is 3. The molecule has 0 unspecified atom stereocenters. The van der Waals surface area contributed by atoms with Gasteiger partial charge in [0.25, 0.3) is 5.91 Å². The van der Waals surface area contributed by atoms with Crippen molar-refractivity contribution in [1.82, 2.24) is 19.9 Å². The second-order valence-electron chi connectivity index (χ2n) is 7.90. The van der Waals surface area contributed by atoms with Gasteiger partial charge in [0.15, 0.2) is 0 Å². The summed E-state index contributed by atoms with van der Waals surface area (Å²) in [5, 5.41) is 7.21. The fourth-order valence-electron chi connectivity index (χ4n) is 4.02. The number of hydrogen-bond donors (Lipinski definition) is 1. The molecule has 4 aromatic rings. The number of ether oxygens (including phenoxy) is 1. The summed E-state index contributed by atoms with van der Waals surface area (Å²) in [5.41, 5.74) is 4.70. The molecule has 1 aromatic carbocycles. The Morgan fingerprint density at radius 3 is 2.77 bits per heavy atom. The molecular weight excluding hydrogens is 408 g/mol. The van der Waals surface area contributed by atoms with Gasteiger partial charge in [-0.05, 0) is 42.5 Å². The highest BCUT2D eigenvalue weighted by molar-refractivity contribution is 7.13. The van der Waals surface area contributed by atoms with E-state index in [9.17, 15) is 4.79 Å². The molecule has 5 rings (SSSR count). The first kappa shape index (κ1) is 19.9. The number of fused-ring (bicyclic) bond motifs is 1. The van der Waals surface area contributed by atoms with E-state index < -0.39 is 0 Å². The molecule has 0 aliphatic carbocycles. The third kappa shape index (κ3) is 4.24. The third-order valence-electron chi connectivity index (χ3n) is 5.74. The number of amides is 1. The van der Waals surface area contributed by atoms with Crippen LogP contribution in [0.15, 0.2) is 54.2 Å². The van der Waals surface area contributed by atoms with Gasteiger partial charge in [-0.25, -0.2) is 9.97 Å². The Balaban J connectivity index is 1.42. The van der Waals surface area contributed by atoms with Gasteiger partial charge in [-0.2, -0.15) is 0 Å². The van der Waals surface area contributed by atoms with Crippen molar-refractivity contribution in [2.45, 2.75) is 25.3 Å². The van der Waals surface area contributed by atoms with E-state index >= 15 is 0 Å². The van der Waals surface area contributed by atoms with Crippen LogP contribution in [0.3, 0.4) is 0 Å². The smallest absolute Gasteiger partial charge is 0.270 e. The van der Waals surface area contributed by atoms with E-state index in [1.165, 1.54) is 5.56 Å². The van der Waals surface area contributed by atoms with Crippen LogP contribution in [0.25, 0.3) is 21.6 Å². The van der Waals surface area contributed by atoms with Crippen molar-refractivity contribution in [1.29, 1.82) is 0 Å². The van der Waals surface area contributed by atoms with E-state index in [1.807, 2.05) is 35.5 Å². The maximum atomic E-state index is 12.9.